The maximum absolute atomic E-state index is 3.96. The Bertz CT molecular complexity index is 208. The normalized spacial score (nSPS) is 19.4. The largest absolute Gasteiger partial charge is 0.375 e. The molecule has 1 atom stereocenters. The second-order valence-electron chi connectivity index (χ2n) is 5.22. The molecule has 0 unspecified atom stereocenters. The summed E-state index contributed by atoms with van der Waals surface area (Å²) in [4.78, 5) is 0. The van der Waals surface area contributed by atoms with E-state index in [1.165, 1.54) is 44.9 Å². The predicted molar refractivity (Wildman–Crippen MR) is 74.9 cm³/mol. The Morgan fingerprint density at radius 2 is 1.82 bits per heavy atom. The van der Waals surface area contributed by atoms with E-state index in [2.05, 4.69) is 22.5 Å². The minimum absolute atomic E-state index is 0.503. The molecule has 1 rings (SSSR count). The molecule has 0 heterocycles. The van der Waals surface area contributed by atoms with Gasteiger partial charge in [0.25, 0.3) is 0 Å². The Morgan fingerprint density at radius 1 is 1.18 bits per heavy atom. The van der Waals surface area contributed by atoms with E-state index in [0.717, 1.165) is 18.3 Å². The molecule has 0 aromatic carbocycles. The number of rotatable bonds is 7. The van der Waals surface area contributed by atoms with Crippen LogP contribution in [0.3, 0.4) is 0 Å². The molecule has 1 saturated carbocycles. The molecule has 0 saturated heterocycles. The van der Waals surface area contributed by atoms with Gasteiger partial charge >= 0.3 is 0 Å². The van der Waals surface area contributed by atoms with Gasteiger partial charge in [0.05, 0.1) is 5.82 Å². The van der Waals surface area contributed by atoms with Crippen LogP contribution in [0.4, 0.5) is 0 Å². The van der Waals surface area contributed by atoms with Crippen molar-refractivity contribution in [2.24, 2.45) is 5.92 Å². The molecule has 0 aromatic rings. The van der Waals surface area contributed by atoms with Crippen molar-refractivity contribution in [1.29, 1.82) is 0 Å². The third-order valence-electron chi connectivity index (χ3n) is 3.72. The zero-order chi connectivity index (χ0) is 12.5. The van der Waals surface area contributed by atoms with Crippen molar-refractivity contribution >= 4 is 0 Å². The van der Waals surface area contributed by atoms with Gasteiger partial charge < -0.3 is 16.0 Å². The fourth-order valence-electron chi connectivity index (χ4n) is 2.76. The Hall–Kier alpha value is -0.700. The fraction of sp³-hybridized carbons (Fsp3) is 0.857. The molecule has 1 aliphatic carbocycles. The maximum Gasteiger partial charge on any atom is 0.0912 e. The Morgan fingerprint density at radius 3 is 2.35 bits per heavy atom. The molecule has 0 aliphatic heterocycles. The topological polar surface area (TPSA) is 36.1 Å². The van der Waals surface area contributed by atoms with Gasteiger partial charge in [-0.05, 0) is 19.4 Å². The lowest BCUT2D eigenvalue weighted by Gasteiger charge is -2.25. The molecule has 0 amide bonds. The highest BCUT2D eigenvalue weighted by atomic mass is 15.1. The van der Waals surface area contributed by atoms with Gasteiger partial charge in [0.15, 0.2) is 0 Å². The standard InChI is InChI=1S/C14H29N3/c1-12(16-3)17-14(11-15-2)10-13-8-6-4-5-7-9-13/h13-17H,1,4-11H2,2-3H3/t14-/m0/s1. The van der Waals surface area contributed by atoms with Crippen LogP contribution in [0.5, 0.6) is 0 Å². The van der Waals surface area contributed by atoms with E-state index in [9.17, 15) is 0 Å². The molecule has 100 valence electrons. The Balaban J connectivity index is 2.37. The molecule has 0 spiro atoms. The van der Waals surface area contributed by atoms with Gasteiger partial charge in [0, 0.05) is 19.6 Å². The molecular formula is C14H29N3. The summed E-state index contributed by atoms with van der Waals surface area (Å²) in [5.41, 5.74) is 0. The molecule has 1 fully saturated rings. The zero-order valence-electron chi connectivity index (χ0n) is 11.5. The summed E-state index contributed by atoms with van der Waals surface area (Å²) >= 11 is 0. The predicted octanol–water partition coefficient (Wildman–Crippen LogP) is 2.22. The first-order valence-corrected chi connectivity index (χ1v) is 7.04. The van der Waals surface area contributed by atoms with E-state index >= 15 is 0 Å². The molecule has 0 bridgehead atoms. The number of hydrogen-bond donors (Lipinski definition) is 3. The second-order valence-corrected chi connectivity index (χ2v) is 5.22. The highest BCUT2D eigenvalue weighted by Gasteiger charge is 2.17. The molecule has 3 heteroatoms. The second kappa shape index (κ2) is 8.40. The van der Waals surface area contributed by atoms with E-state index in [1.807, 2.05) is 14.1 Å². The lowest BCUT2D eigenvalue weighted by Crippen LogP contribution is -2.40. The summed E-state index contributed by atoms with van der Waals surface area (Å²) in [6.07, 6.45) is 9.80. The van der Waals surface area contributed by atoms with Crippen molar-refractivity contribution in [3.05, 3.63) is 12.4 Å². The summed E-state index contributed by atoms with van der Waals surface area (Å²) in [7, 11) is 3.93. The van der Waals surface area contributed by atoms with Crippen molar-refractivity contribution in [2.45, 2.75) is 51.0 Å². The van der Waals surface area contributed by atoms with E-state index in [1.54, 1.807) is 0 Å². The number of hydrogen-bond acceptors (Lipinski definition) is 3. The summed E-state index contributed by atoms with van der Waals surface area (Å²) in [6, 6.07) is 0.503. The molecule has 3 N–H and O–H groups in total. The Kier molecular flexibility index (Phi) is 7.10. The average Bonchev–Trinajstić information content (AvgIpc) is 2.57. The van der Waals surface area contributed by atoms with Crippen LogP contribution >= 0.6 is 0 Å². The fourth-order valence-corrected chi connectivity index (χ4v) is 2.76. The zero-order valence-corrected chi connectivity index (χ0v) is 11.5. The molecule has 0 radical (unpaired) electrons. The van der Waals surface area contributed by atoms with Crippen molar-refractivity contribution in [3.63, 3.8) is 0 Å². The van der Waals surface area contributed by atoms with Gasteiger partial charge in [-0.15, -0.1) is 0 Å². The third-order valence-corrected chi connectivity index (χ3v) is 3.72. The quantitative estimate of drug-likeness (QED) is 0.596. The van der Waals surface area contributed by atoms with E-state index in [0.29, 0.717) is 6.04 Å². The van der Waals surface area contributed by atoms with Gasteiger partial charge in [-0.25, -0.2) is 0 Å². The first-order valence-electron chi connectivity index (χ1n) is 7.04. The van der Waals surface area contributed by atoms with Crippen LogP contribution in [0.1, 0.15) is 44.9 Å². The van der Waals surface area contributed by atoms with E-state index in [4.69, 9.17) is 0 Å². The summed E-state index contributed by atoms with van der Waals surface area (Å²) in [5.74, 6) is 1.83. The lowest BCUT2D eigenvalue weighted by atomic mass is 9.92. The highest BCUT2D eigenvalue weighted by Crippen LogP contribution is 2.26. The Labute approximate surface area is 106 Å². The van der Waals surface area contributed by atoms with Gasteiger partial charge in [0.1, 0.15) is 0 Å². The minimum Gasteiger partial charge on any atom is -0.375 e. The monoisotopic (exact) mass is 239 g/mol. The molecule has 3 nitrogen and oxygen atoms in total. The number of nitrogens with one attached hydrogen (secondary N) is 3. The van der Waals surface area contributed by atoms with Crippen molar-refractivity contribution in [1.82, 2.24) is 16.0 Å². The van der Waals surface area contributed by atoms with E-state index in [-0.39, 0.29) is 0 Å². The first kappa shape index (κ1) is 14.4. The van der Waals surface area contributed by atoms with Crippen molar-refractivity contribution in [2.75, 3.05) is 20.6 Å². The third kappa shape index (κ3) is 5.97. The van der Waals surface area contributed by atoms with Crippen LogP contribution in [0.15, 0.2) is 12.4 Å². The summed E-state index contributed by atoms with van der Waals surface area (Å²) in [6.45, 7) is 4.97. The summed E-state index contributed by atoms with van der Waals surface area (Å²) in [5, 5.41) is 9.81. The molecule has 1 aliphatic rings. The van der Waals surface area contributed by atoms with E-state index < -0.39 is 0 Å². The lowest BCUT2D eigenvalue weighted by molar-refractivity contribution is 0.356. The SMILES string of the molecule is C=C(NC)N[C@H](CNC)CC1CCCCCC1. The van der Waals surface area contributed by atoms with Gasteiger partial charge in [-0.1, -0.05) is 45.1 Å². The van der Waals surface area contributed by atoms with Gasteiger partial charge in [-0.3, -0.25) is 0 Å². The van der Waals surface area contributed by atoms with Crippen LogP contribution in [0, 0.1) is 5.92 Å². The van der Waals surface area contributed by atoms with Crippen LogP contribution in [0.25, 0.3) is 0 Å². The maximum atomic E-state index is 3.96. The summed E-state index contributed by atoms with van der Waals surface area (Å²) < 4.78 is 0. The van der Waals surface area contributed by atoms with Crippen LogP contribution in [0.2, 0.25) is 0 Å². The average molecular weight is 239 g/mol. The van der Waals surface area contributed by atoms with Crippen LogP contribution in [-0.4, -0.2) is 26.7 Å². The van der Waals surface area contributed by atoms with Crippen molar-refractivity contribution < 1.29 is 0 Å². The molecule has 0 aromatic heterocycles. The van der Waals surface area contributed by atoms with Crippen molar-refractivity contribution in [3.8, 4) is 0 Å². The van der Waals surface area contributed by atoms with Gasteiger partial charge in [0.2, 0.25) is 0 Å². The van der Waals surface area contributed by atoms with Gasteiger partial charge in [-0.2, -0.15) is 0 Å². The smallest absolute Gasteiger partial charge is 0.0912 e. The molecular weight excluding hydrogens is 210 g/mol. The highest BCUT2D eigenvalue weighted by molar-refractivity contribution is 4.91. The van der Waals surface area contributed by atoms with Crippen LogP contribution < -0.4 is 16.0 Å². The minimum atomic E-state index is 0.503. The first-order chi connectivity index (χ1) is 8.26. The molecule has 17 heavy (non-hydrogen) atoms. The van der Waals surface area contributed by atoms with Crippen LogP contribution in [-0.2, 0) is 0 Å². The number of likely N-dealkylation sites (N-methyl/N-ethyl adjacent to an activating group) is 1.